The molecule has 0 saturated carbocycles. The second-order valence-electron chi connectivity index (χ2n) is 5.71. The molecule has 8 nitrogen and oxygen atoms in total. The third-order valence-corrected chi connectivity index (χ3v) is 4.68. The normalized spacial score (nSPS) is 11.5. The van der Waals surface area contributed by atoms with Crippen molar-refractivity contribution in [3.05, 3.63) is 75.6 Å². The van der Waals surface area contributed by atoms with Crippen LogP contribution in [-0.4, -0.2) is 23.8 Å². The molecule has 3 aromatic rings. The molecule has 27 heavy (non-hydrogen) atoms. The lowest BCUT2D eigenvalue weighted by Crippen LogP contribution is -2.19. The number of ether oxygens (including phenoxy) is 1. The number of aromatic nitrogens is 2. The van der Waals surface area contributed by atoms with Crippen molar-refractivity contribution in [3.63, 3.8) is 0 Å². The van der Waals surface area contributed by atoms with Gasteiger partial charge in [-0.05, 0) is 37.3 Å². The molecule has 0 spiro atoms. The molecular formula is C17H14FN3O5S. The minimum atomic E-state index is -4.11. The zero-order valence-corrected chi connectivity index (χ0v) is 14.9. The summed E-state index contributed by atoms with van der Waals surface area (Å²) in [5, 5.41) is 4.97. The number of halogens is 1. The number of benzene rings is 1. The molecule has 2 aromatic heterocycles. The highest BCUT2D eigenvalue weighted by molar-refractivity contribution is 7.89. The summed E-state index contributed by atoms with van der Waals surface area (Å²) < 4.78 is 42.9. The van der Waals surface area contributed by atoms with E-state index in [1.165, 1.54) is 10.5 Å². The van der Waals surface area contributed by atoms with Gasteiger partial charge in [0.2, 0.25) is 10.0 Å². The zero-order valence-electron chi connectivity index (χ0n) is 14.0. The molecule has 0 atom stereocenters. The number of hydrogen-bond acceptors (Lipinski definition) is 6. The van der Waals surface area contributed by atoms with Crippen LogP contribution in [0.5, 0.6) is 0 Å². The van der Waals surface area contributed by atoms with E-state index in [0.717, 1.165) is 18.2 Å². The van der Waals surface area contributed by atoms with Crippen molar-refractivity contribution < 1.29 is 22.3 Å². The summed E-state index contributed by atoms with van der Waals surface area (Å²) in [6, 6.07) is 8.83. The number of esters is 1. The van der Waals surface area contributed by atoms with Crippen LogP contribution in [0.4, 0.5) is 4.39 Å². The number of carbonyl (C=O) groups excluding carboxylic acids is 1. The van der Waals surface area contributed by atoms with Gasteiger partial charge in [-0.3, -0.25) is 9.20 Å². The maximum absolute atomic E-state index is 13.8. The predicted molar refractivity (Wildman–Crippen MR) is 93.1 cm³/mol. The maximum atomic E-state index is 13.8. The molecule has 0 fully saturated rings. The van der Waals surface area contributed by atoms with Crippen molar-refractivity contribution in [2.24, 2.45) is 5.14 Å². The Bertz CT molecular complexity index is 1220. The highest BCUT2D eigenvalue weighted by Gasteiger charge is 2.18. The minimum Gasteiger partial charge on any atom is -0.455 e. The summed E-state index contributed by atoms with van der Waals surface area (Å²) in [4.78, 5) is 28.1. The molecule has 0 saturated heterocycles. The van der Waals surface area contributed by atoms with Gasteiger partial charge < -0.3 is 4.74 Å². The van der Waals surface area contributed by atoms with Crippen LogP contribution in [0.15, 0.2) is 52.2 Å². The second-order valence-corrected chi connectivity index (χ2v) is 7.27. The van der Waals surface area contributed by atoms with Crippen molar-refractivity contribution in [2.45, 2.75) is 18.4 Å². The zero-order chi connectivity index (χ0) is 19.8. The first-order valence-corrected chi connectivity index (χ1v) is 9.19. The van der Waals surface area contributed by atoms with E-state index in [4.69, 9.17) is 9.88 Å². The van der Waals surface area contributed by atoms with Gasteiger partial charge in [-0.25, -0.2) is 27.7 Å². The highest BCUT2D eigenvalue weighted by atomic mass is 32.2. The Hall–Kier alpha value is -3.11. The molecule has 1 aromatic carbocycles. The molecule has 140 valence electrons. The lowest BCUT2D eigenvalue weighted by molar-refractivity contribution is 0.0462. The lowest BCUT2D eigenvalue weighted by atomic mass is 10.2. The Labute approximate surface area is 153 Å². The Morgan fingerprint density at radius 3 is 2.70 bits per heavy atom. The van der Waals surface area contributed by atoms with Crippen molar-refractivity contribution >= 4 is 21.6 Å². The molecule has 0 amide bonds. The van der Waals surface area contributed by atoms with Gasteiger partial charge in [0.25, 0.3) is 5.56 Å². The van der Waals surface area contributed by atoms with Crippen LogP contribution in [-0.2, 0) is 21.4 Å². The fourth-order valence-electron chi connectivity index (χ4n) is 2.49. The van der Waals surface area contributed by atoms with Crippen LogP contribution >= 0.6 is 0 Å². The number of fused-ring (bicyclic) bond motifs is 1. The van der Waals surface area contributed by atoms with Gasteiger partial charge in [0.1, 0.15) is 18.1 Å². The van der Waals surface area contributed by atoms with E-state index in [0.29, 0.717) is 11.3 Å². The van der Waals surface area contributed by atoms with E-state index < -0.39 is 38.9 Å². The fourth-order valence-corrected chi connectivity index (χ4v) is 3.03. The molecule has 0 unspecified atom stereocenters. The summed E-state index contributed by atoms with van der Waals surface area (Å²) in [6.07, 6.45) is 0. The van der Waals surface area contributed by atoms with Gasteiger partial charge in [-0.2, -0.15) is 0 Å². The molecule has 0 aliphatic carbocycles. The number of nitrogens with zero attached hydrogens (tertiary/aromatic N) is 2. The Kier molecular flexibility index (Phi) is 4.77. The highest BCUT2D eigenvalue weighted by Crippen LogP contribution is 2.16. The number of primary sulfonamides is 1. The molecule has 0 bridgehead atoms. The molecular weight excluding hydrogens is 377 g/mol. The van der Waals surface area contributed by atoms with Crippen LogP contribution in [0.2, 0.25) is 0 Å². The van der Waals surface area contributed by atoms with Crippen LogP contribution in [0.1, 0.15) is 21.7 Å². The van der Waals surface area contributed by atoms with Gasteiger partial charge in [0.05, 0.1) is 16.2 Å². The quantitative estimate of drug-likeness (QED) is 0.666. The number of sulfonamides is 1. The third-order valence-electron chi connectivity index (χ3n) is 3.77. The maximum Gasteiger partial charge on any atom is 0.341 e. The Balaban J connectivity index is 1.86. The summed E-state index contributed by atoms with van der Waals surface area (Å²) in [5.74, 6) is -2.07. The average molecular weight is 391 g/mol. The van der Waals surface area contributed by atoms with Crippen molar-refractivity contribution in [1.29, 1.82) is 0 Å². The van der Waals surface area contributed by atoms with E-state index in [-0.39, 0.29) is 11.3 Å². The number of hydrogen-bond donors (Lipinski definition) is 1. The number of carbonyl (C=O) groups is 1. The topological polar surface area (TPSA) is 121 Å². The van der Waals surface area contributed by atoms with Crippen molar-refractivity contribution in [1.82, 2.24) is 9.38 Å². The molecule has 2 N–H and O–H groups in total. The monoisotopic (exact) mass is 391 g/mol. The molecule has 0 aliphatic heterocycles. The van der Waals surface area contributed by atoms with Gasteiger partial charge in [-0.1, -0.05) is 6.07 Å². The smallest absolute Gasteiger partial charge is 0.341 e. The van der Waals surface area contributed by atoms with Gasteiger partial charge in [-0.15, -0.1) is 0 Å². The average Bonchev–Trinajstić information content (AvgIpc) is 2.59. The standard InChI is InChI=1S/C17H14FN3O5S/c1-10-3-2-4-15-20-11(7-16(22)21(10)15)9-26-17(23)13-8-12(27(19,24)25)5-6-14(13)18/h2-8H,9H2,1H3,(H2,19,24,25). The molecule has 0 radical (unpaired) electrons. The first kappa shape index (κ1) is 18.7. The SMILES string of the molecule is Cc1cccc2nc(COC(=O)c3cc(S(N)(=O)=O)ccc3F)cc(=O)n12. The van der Waals surface area contributed by atoms with Gasteiger partial charge >= 0.3 is 5.97 Å². The van der Waals surface area contributed by atoms with E-state index in [1.54, 1.807) is 25.1 Å². The number of aryl methyl sites for hydroxylation is 1. The van der Waals surface area contributed by atoms with E-state index in [9.17, 15) is 22.4 Å². The van der Waals surface area contributed by atoms with Gasteiger partial charge in [0.15, 0.2) is 0 Å². The summed E-state index contributed by atoms with van der Waals surface area (Å²) >= 11 is 0. The van der Waals surface area contributed by atoms with Crippen LogP contribution < -0.4 is 10.7 Å². The van der Waals surface area contributed by atoms with E-state index in [2.05, 4.69) is 4.98 Å². The summed E-state index contributed by atoms with van der Waals surface area (Å²) in [7, 11) is -4.11. The van der Waals surface area contributed by atoms with Crippen molar-refractivity contribution in [3.8, 4) is 0 Å². The second kappa shape index (κ2) is 6.89. The van der Waals surface area contributed by atoms with E-state index in [1.807, 2.05) is 0 Å². The predicted octanol–water partition coefficient (Wildman–Crippen LogP) is 1.15. The summed E-state index contributed by atoms with van der Waals surface area (Å²) in [6.45, 7) is 1.36. The van der Waals surface area contributed by atoms with Crippen LogP contribution in [0, 0.1) is 12.7 Å². The Morgan fingerprint density at radius 2 is 2.00 bits per heavy atom. The fraction of sp³-hybridized carbons (Fsp3) is 0.118. The molecule has 2 heterocycles. The summed E-state index contributed by atoms with van der Waals surface area (Å²) in [5.41, 5.74) is 0.287. The van der Waals surface area contributed by atoms with Gasteiger partial charge in [0, 0.05) is 11.8 Å². The number of pyridine rings is 1. The third kappa shape index (κ3) is 3.86. The lowest BCUT2D eigenvalue weighted by Gasteiger charge is -2.08. The van der Waals surface area contributed by atoms with Crippen LogP contribution in [0.3, 0.4) is 0 Å². The Morgan fingerprint density at radius 1 is 1.26 bits per heavy atom. The molecule has 0 aliphatic rings. The first-order valence-electron chi connectivity index (χ1n) is 7.64. The van der Waals surface area contributed by atoms with Crippen molar-refractivity contribution in [2.75, 3.05) is 0 Å². The largest absolute Gasteiger partial charge is 0.455 e. The molecule has 3 rings (SSSR count). The minimum absolute atomic E-state index is 0.168. The number of nitrogens with two attached hydrogens (primary N) is 1. The van der Waals surface area contributed by atoms with E-state index >= 15 is 0 Å². The number of rotatable bonds is 4. The first-order chi connectivity index (χ1) is 12.7. The van der Waals surface area contributed by atoms with Crippen LogP contribution in [0.25, 0.3) is 5.65 Å². The molecule has 10 heteroatoms.